The zero-order chi connectivity index (χ0) is 11.0. The minimum atomic E-state index is -0.293. The molecule has 0 atom stereocenters. The van der Waals surface area contributed by atoms with Gasteiger partial charge in [-0.2, -0.15) is 0 Å². The first-order chi connectivity index (χ1) is 7.13. The molecule has 1 aromatic carbocycles. The molecular weight excluding hydrogens is 215 g/mol. The number of halogens is 2. The summed E-state index contributed by atoms with van der Waals surface area (Å²) in [5, 5.41) is 1.25. The van der Waals surface area contributed by atoms with Crippen LogP contribution >= 0.6 is 11.6 Å². The highest BCUT2D eigenvalue weighted by molar-refractivity contribution is 6.31. The second-order valence-electron chi connectivity index (χ2n) is 3.55. The summed E-state index contributed by atoms with van der Waals surface area (Å²) in [4.78, 5) is 0. The number of benzene rings is 1. The molecule has 80 valence electrons. The van der Waals surface area contributed by atoms with Crippen LogP contribution in [0.2, 0.25) is 5.02 Å². The lowest BCUT2D eigenvalue weighted by molar-refractivity contribution is 0.619. The zero-order valence-electron chi connectivity index (χ0n) is 8.43. The molecule has 0 spiro atoms. The predicted molar refractivity (Wildman–Crippen MR) is 60.7 cm³/mol. The van der Waals surface area contributed by atoms with Gasteiger partial charge in [0.05, 0.1) is 5.52 Å². The van der Waals surface area contributed by atoms with Crippen molar-refractivity contribution in [2.45, 2.75) is 13.5 Å². The first-order valence-corrected chi connectivity index (χ1v) is 5.16. The fraction of sp³-hybridized carbons (Fsp3) is 0.273. The van der Waals surface area contributed by atoms with E-state index in [1.165, 1.54) is 6.07 Å². The monoisotopic (exact) mass is 226 g/mol. The molecule has 1 heterocycles. The average Bonchev–Trinajstić information content (AvgIpc) is 2.43. The first kappa shape index (κ1) is 10.5. The Balaban J connectivity index is 2.75. The Morgan fingerprint density at radius 2 is 2.13 bits per heavy atom. The smallest absolute Gasteiger partial charge is 0.148 e. The van der Waals surface area contributed by atoms with Gasteiger partial charge in [0.15, 0.2) is 0 Å². The Morgan fingerprint density at radius 1 is 1.40 bits per heavy atom. The van der Waals surface area contributed by atoms with Gasteiger partial charge in [-0.3, -0.25) is 0 Å². The second-order valence-corrected chi connectivity index (χ2v) is 3.99. The lowest BCUT2D eigenvalue weighted by Gasteiger charge is -2.06. The minimum Gasteiger partial charge on any atom is -0.341 e. The van der Waals surface area contributed by atoms with Crippen LogP contribution in [0.1, 0.15) is 5.69 Å². The molecule has 1 aromatic heterocycles. The fourth-order valence-corrected chi connectivity index (χ4v) is 2.09. The topological polar surface area (TPSA) is 30.9 Å². The van der Waals surface area contributed by atoms with Gasteiger partial charge >= 0.3 is 0 Å². The second kappa shape index (κ2) is 3.83. The van der Waals surface area contributed by atoms with Gasteiger partial charge in [0.2, 0.25) is 0 Å². The van der Waals surface area contributed by atoms with E-state index < -0.39 is 0 Å². The molecule has 0 saturated heterocycles. The van der Waals surface area contributed by atoms with Crippen LogP contribution in [-0.2, 0) is 6.54 Å². The lowest BCUT2D eigenvalue weighted by Crippen LogP contribution is -2.11. The van der Waals surface area contributed by atoms with Crippen molar-refractivity contribution >= 4 is 22.5 Å². The normalized spacial score (nSPS) is 11.2. The average molecular weight is 227 g/mol. The quantitative estimate of drug-likeness (QED) is 0.839. The Hall–Kier alpha value is -1.06. The van der Waals surface area contributed by atoms with Crippen molar-refractivity contribution in [1.29, 1.82) is 0 Å². The summed E-state index contributed by atoms with van der Waals surface area (Å²) < 4.78 is 15.6. The summed E-state index contributed by atoms with van der Waals surface area (Å²) >= 11 is 5.79. The summed E-state index contributed by atoms with van der Waals surface area (Å²) in [6, 6.07) is 5.01. The van der Waals surface area contributed by atoms with E-state index >= 15 is 0 Å². The van der Waals surface area contributed by atoms with Gasteiger partial charge in [-0.05, 0) is 25.1 Å². The third-order valence-electron chi connectivity index (χ3n) is 2.47. The Morgan fingerprint density at radius 3 is 2.80 bits per heavy atom. The molecule has 0 amide bonds. The van der Waals surface area contributed by atoms with E-state index in [-0.39, 0.29) is 5.82 Å². The largest absolute Gasteiger partial charge is 0.341 e. The molecule has 2 N–H and O–H groups in total. The van der Waals surface area contributed by atoms with E-state index in [1.807, 2.05) is 17.6 Å². The van der Waals surface area contributed by atoms with Gasteiger partial charge < -0.3 is 10.3 Å². The first-order valence-electron chi connectivity index (χ1n) is 4.78. The van der Waals surface area contributed by atoms with Crippen molar-refractivity contribution in [3.8, 4) is 0 Å². The molecule has 0 radical (unpaired) electrons. The van der Waals surface area contributed by atoms with Crippen molar-refractivity contribution in [3.05, 3.63) is 34.7 Å². The standard InChI is InChI=1S/C11H12ClFN2/c1-7-4-8-5-9(12)6-10(13)11(8)15(7)3-2-14/h4-6H,2-3,14H2,1H3. The highest BCUT2D eigenvalue weighted by Gasteiger charge is 2.10. The molecule has 0 bridgehead atoms. The Bertz CT molecular complexity index is 505. The van der Waals surface area contributed by atoms with Crippen LogP contribution in [0.25, 0.3) is 10.9 Å². The molecule has 0 aliphatic heterocycles. The molecule has 2 rings (SSSR count). The van der Waals surface area contributed by atoms with Crippen LogP contribution in [0.15, 0.2) is 18.2 Å². The molecule has 0 aliphatic rings. The summed E-state index contributed by atoms with van der Waals surface area (Å²) in [6.07, 6.45) is 0. The summed E-state index contributed by atoms with van der Waals surface area (Å²) in [5.74, 6) is -0.293. The molecule has 0 unspecified atom stereocenters. The zero-order valence-corrected chi connectivity index (χ0v) is 9.18. The maximum atomic E-state index is 13.7. The summed E-state index contributed by atoms with van der Waals surface area (Å²) in [6.45, 7) is 3.05. The maximum absolute atomic E-state index is 13.7. The van der Waals surface area contributed by atoms with E-state index in [0.717, 1.165) is 11.1 Å². The van der Waals surface area contributed by atoms with Crippen LogP contribution in [-0.4, -0.2) is 11.1 Å². The van der Waals surface area contributed by atoms with Crippen molar-refractivity contribution in [2.24, 2.45) is 5.73 Å². The number of fused-ring (bicyclic) bond motifs is 1. The van der Waals surface area contributed by atoms with Crippen LogP contribution in [0.5, 0.6) is 0 Å². The summed E-state index contributed by atoms with van der Waals surface area (Å²) in [7, 11) is 0. The molecule has 0 saturated carbocycles. The van der Waals surface area contributed by atoms with Crippen molar-refractivity contribution in [2.75, 3.05) is 6.54 Å². The van der Waals surface area contributed by atoms with Gasteiger partial charge in [-0.1, -0.05) is 11.6 Å². The van der Waals surface area contributed by atoms with Crippen molar-refractivity contribution in [1.82, 2.24) is 4.57 Å². The molecule has 4 heteroatoms. The Kier molecular flexibility index (Phi) is 2.67. The number of aromatic nitrogens is 1. The van der Waals surface area contributed by atoms with E-state index in [2.05, 4.69) is 0 Å². The van der Waals surface area contributed by atoms with E-state index in [1.54, 1.807) is 6.07 Å². The lowest BCUT2D eigenvalue weighted by atomic mass is 10.2. The van der Waals surface area contributed by atoms with E-state index in [9.17, 15) is 4.39 Å². The molecule has 0 aliphatic carbocycles. The number of nitrogens with two attached hydrogens (primary N) is 1. The van der Waals surface area contributed by atoms with Gasteiger partial charge in [-0.15, -0.1) is 0 Å². The number of hydrogen-bond acceptors (Lipinski definition) is 1. The van der Waals surface area contributed by atoms with Crippen molar-refractivity contribution < 1.29 is 4.39 Å². The number of rotatable bonds is 2. The number of nitrogens with zero attached hydrogens (tertiary/aromatic N) is 1. The summed E-state index contributed by atoms with van der Waals surface area (Å²) in [5.41, 5.74) is 7.07. The van der Waals surface area contributed by atoms with Crippen LogP contribution in [0.4, 0.5) is 4.39 Å². The third kappa shape index (κ3) is 1.73. The minimum absolute atomic E-state index is 0.293. The number of aryl methyl sites for hydroxylation is 1. The van der Waals surface area contributed by atoms with Crippen LogP contribution < -0.4 is 5.73 Å². The van der Waals surface area contributed by atoms with Gasteiger partial charge in [-0.25, -0.2) is 4.39 Å². The highest BCUT2D eigenvalue weighted by Crippen LogP contribution is 2.26. The van der Waals surface area contributed by atoms with Crippen LogP contribution in [0.3, 0.4) is 0 Å². The van der Waals surface area contributed by atoms with E-state index in [4.69, 9.17) is 17.3 Å². The highest BCUT2D eigenvalue weighted by atomic mass is 35.5. The molecule has 2 nitrogen and oxygen atoms in total. The van der Waals surface area contributed by atoms with Crippen molar-refractivity contribution in [3.63, 3.8) is 0 Å². The fourth-order valence-electron chi connectivity index (χ4n) is 1.88. The molecule has 0 fully saturated rings. The van der Waals surface area contributed by atoms with E-state index in [0.29, 0.717) is 23.6 Å². The SMILES string of the molecule is Cc1cc2cc(Cl)cc(F)c2n1CCN. The van der Waals surface area contributed by atoms with Gasteiger partial charge in [0.1, 0.15) is 5.82 Å². The third-order valence-corrected chi connectivity index (χ3v) is 2.69. The van der Waals surface area contributed by atoms with Crippen LogP contribution in [0, 0.1) is 12.7 Å². The van der Waals surface area contributed by atoms with Gasteiger partial charge in [0.25, 0.3) is 0 Å². The predicted octanol–water partition coefficient (Wildman–Crippen LogP) is 2.70. The molecule has 2 aromatic rings. The number of hydrogen-bond donors (Lipinski definition) is 1. The van der Waals surface area contributed by atoms with Gasteiger partial charge in [0, 0.05) is 29.2 Å². The Labute approximate surface area is 92.4 Å². The maximum Gasteiger partial charge on any atom is 0.148 e. The molecular formula is C11H12ClFN2. The molecule has 15 heavy (non-hydrogen) atoms.